The lowest BCUT2D eigenvalue weighted by molar-refractivity contribution is 0.102. The third kappa shape index (κ3) is 3.06. The first-order valence-corrected chi connectivity index (χ1v) is 7.52. The van der Waals surface area contributed by atoms with E-state index in [9.17, 15) is 9.18 Å². The Bertz CT molecular complexity index is 874. The van der Waals surface area contributed by atoms with E-state index in [1.807, 2.05) is 38.1 Å². The van der Waals surface area contributed by atoms with Gasteiger partial charge in [-0.05, 0) is 30.2 Å². The van der Waals surface area contributed by atoms with E-state index in [4.69, 9.17) is 0 Å². The molecule has 0 radical (unpaired) electrons. The van der Waals surface area contributed by atoms with Crippen LogP contribution in [-0.2, 0) is 0 Å². The van der Waals surface area contributed by atoms with Crippen LogP contribution in [0.5, 0.6) is 0 Å². The Hall–Kier alpha value is -2.75. The summed E-state index contributed by atoms with van der Waals surface area (Å²) in [7, 11) is 0. The lowest BCUT2D eigenvalue weighted by Crippen LogP contribution is -2.14. The summed E-state index contributed by atoms with van der Waals surface area (Å²) in [4.78, 5) is 17.2. The molecule has 1 heterocycles. The molecular formula is C19H17FN2O. The number of anilines is 1. The number of rotatable bonds is 3. The first-order chi connectivity index (χ1) is 11.1. The van der Waals surface area contributed by atoms with Gasteiger partial charge in [-0.15, -0.1) is 0 Å². The second-order valence-corrected chi connectivity index (χ2v) is 5.70. The zero-order valence-corrected chi connectivity index (χ0v) is 13.0. The molecule has 3 rings (SSSR count). The number of nitrogens with one attached hydrogen (secondary N) is 1. The van der Waals surface area contributed by atoms with E-state index in [-0.39, 0.29) is 17.5 Å². The monoisotopic (exact) mass is 308 g/mol. The number of para-hydroxylation sites is 2. The van der Waals surface area contributed by atoms with Crippen LogP contribution in [0, 0.1) is 5.82 Å². The fourth-order valence-corrected chi connectivity index (χ4v) is 2.43. The van der Waals surface area contributed by atoms with E-state index in [0.717, 1.165) is 16.6 Å². The van der Waals surface area contributed by atoms with Crippen LogP contribution in [0.2, 0.25) is 0 Å². The number of aromatic nitrogens is 1. The Balaban J connectivity index is 2.07. The van der Waals surface area contributed by atoms with Crippen LogP contribution in [0.15, 0.2) is 54.6 Å². The number of fused-ring (bicyclic) bond motifs is 1. The summed E-state index contributed by atoms with van der Waals surface area (Å²) < 4.78 is 13.8. The van der Waals surface area contributed by atoms with Gasteiger partial charge in [0.05, 0.1) is 16.8 Å². The third-order valence-electron chi connectivity index (χ3n) is 3.69. The zero-order valence-electron chi connectivity index (χ0n) is 13.0. The number of carbonyl (C=O) groups excluding carboxylic acids is 1. The Morgan fingerprint density at radius 3 is 2.52 bits per heavy atom. The second kappa shape index (κ2) is 6.16. The summed E-state index contributed by atoms with van der Waals surface area (Å²) in [6.45, 7) is 4.05. The second-order valence-electron chi connectivity index (χ2n) is 5.70. The van der Waals surface area contributed by atoms with E-state index in [1.165, 1.54) is 6.07 Å². The molecule has 0 aliphatic carbocycles. The van der Waals surface area contributed by atoms with Crippen LogP contribution >= 0.6 is 0 Å². The van der Waals surface area contributed by atoms with Crippen molar-refractivity contribution in [3.63, 3.8) is 0 Å². The predicted molar refractivity (Wildman–Crippen MR) is 90.2 cm³/mol. The van der Waals surface area contributed by atoms with Gasteiger partial charge >= 0.3 is 0 Å². The minimum Gasteiger partial charge on any atom is -0.319 e. The van der Waals surface area contributed by atoms with Crippen molar-refractivity contribution < 1.29 is 9.18 Å². The first kappa shape index (κ1) is 15.2. The predicted octanol–water partition coefficient (Wildman–Crippen LogP) is 4.75. The third-order valence-corrected chi connectivity index (χ3v) is 3.69. The highest BCUT2D eigenvalue weighted by Gasteiger charge is 2.15. The van der Waals surface area contributed by atoms with E-state index >= 15 is 0 Å². The number of hydrogen-bond donors (Lipinski definition) is 1. The number of hydrogen-bond acceptors (Lipinski definition) is 2. The zero-order chi connectivity index (χ0) is 16.4. The summed E-state index contributed by atoms with van der Waals surface area (Å²) in [5, 5.41) is 3.40. The lowest BCUT2D eigenvalue weighted by atomic mass is 10.0. The molecule has 1 aromatic heterocycles. The molecule has 0 saturated heterocycles. The fourth-order valence-electron chi connectivity index (χ4n) is 2.43. The summed E-state index contributed by atoms with van der Waals surface area (Å²) >= 11 is 0. The van der Waals surface area contributed by atoms with Gasteiger partial charge in [0, 0.05) is 11.1 Å². The van der Waals surface area contributed by atoms with Gasteiger partial charge < -0.3 is 5.32 Å². The molecule has 0 aliphatic heterocycles. The molecule has 0 bridgehead atoms. The molecule has 0 spiro atoms. The Morgan fingerprint density at radius 1 is 1.09 bits per heavy atom. The Labute approximate surface area is 134 Å². The molecule has 3 nitrogen and oxygen atoms in total. The first-order valence-electron chi connectivity index (χ1n) is 7.52. The molecule has 0 aliphatic rings. The van der Waals surface area contributed by atoms with Crippen molar-refractivity contribution in [1.29, 1.82) is 0 Å². The maximum Gasteiger partial charge on any atom is 0.256 e. The van der Waals surface area contributed by atoms with Gasteiger partial charge in [0.1, 0.15) is 5.82 Å². The number of carbonyl (C=O) groups is 1. The summed E-state index contributed by atoms with van der Waals surface area (Å²) in [6, 6.07) is 15.4. The highest BCUT2D eigenvalue weighted by atomic mass is 19.1. The molecule has 0 fully saturated rings. The molecule has 2 aromatic carbocycles. The minimum absolute atomic E-state index is 0.171. The Kier molecular flexibility index (Phi) is 4.06. The van der Waals surface area contributed by atoms with Crippen LogP contribution in [0.25, 0.3) is 10.9 Å². The summed E-state index contributed by atoms with van der Waals surface area (Å²) in [6.07, 6.45) is 0. The average Bonchev–Trinajstić information content (AvgIpc) is 2.55. The molecule has 1 amide bonds. The molecule has 0 atom stereocenters. The molecule has 1 N–H and O–H groups in total. The number of amides is 1. The van der Waals surface area contributed by atoms with E-state index in [2.05, 4.69) is 10.3 Å². The topological polar surface area (TPSA) is 42.0 Å². The highest BCUT2D eigenvalue weighted by Crippen LogP contribution is 2.24. The van der Waals surface area contributed by atoms with Crippen LogP contribution in [0.4, 0.5) is 10.1 Å². The van der Waals surface area contributed by atoms with Crippen molar-refractivity contribution in [2.75, 3.05) is 5.32 Å². The number of halogens is 1. The van der Waals surface area contributed by atoms with Crippen LogP contribution in [0.1, 0.15) is 35.8 Å². The molecule has 4 heteroatoms. The quantitative estimate of drug-likeness (QED) is 0.758. The SMILES string of the molecule is CC(C)c1cc(C(=O)Nc2ccccc2F)c2ccccc2n1. The van der Waals surface area contributed by atoms with E-state index in [1.54, 1.807) is 24.3 Å². The van der Waals surface area contributed by atoms with Gasteiger partial charge in [0.25, 0.3) is 5.91 Å². The largest absolute Gasteiger partial charge is 0.319 e. The van der Waals surface area contributed by atoms with Gasteiger partial charge in [0.2, 0.25) is 0 Å². The van der Waals surface area contributed by atoms with Crippen molar-refractivity contribution >= 4 is 22.5 Å². The van der Waals surface area contributed by atoms with Crippen molar-refractivity contribution in [3.8, 4) is 0 Å². The average molecular weight is 308 g/mol. The van der Waals surface area contributed by atoms with Crippen molar-refractivity contribution in [2.24, 2.45) is 0 Å². The van der Waals surface area contributed by atoms with Crippen molar-refractivity contribution in [1.82, 2.24) is 4.98 Å². The van der Waals surface area contributed by atoms with Gasteiger partial charge in [-0.1, -0.05) is 44.2 Å². The molecule has 116 valence electrons. The fraction of sp³-hybridized carbons (Fsp3) is 0.158. The molecule has 0 saturated carbocycles. The minimum atomic E-state index is -0.455. The molecule has 23 heavy (non-hydrogen) atoms. The standard InChI is InChI=1S/C19H17FN2O/c1-12(2)18-11-14(13-7-3-5-9-16(13)21-18)19(23)22-17-10-6-4-8-15(17)20/h3-12H,1-2H3,(H,22,23). The van der Waals surface area contributed by atoms with Gasteiger partial charge in [0.15, 0.2) is 0 Å². The lowest BCUT2D eigenvalue weighted by Gasteiger charge is -2.12. The number of nitrogens with zero attached hydrogens (tertiary/aromatic N) is 1. The van der Waals surface area contributed by atoms with E-state index < -0.39 is 5.82 Å². The molecule has 0 unspecified atom stereocenters. The van der Waals surface area contributed by atoms with Crippen LogP contribution in [-0.4, -0.2) is 10.9 Å². The van der Waals surface area contributed by atoms with Crippen LogP contribution < -0.4 is 5.32 Å². The smallest absolute Gasteiger partial charge is 0.256 e. The van der Waals surface area contributed by atoms with Gasteiger partial charge in [-0.25, -0.2) is 4.39 Å². The normalized spacial score (nSPS) is 11.0. The highest BCUT2D eigenvalue weighted by molar-refractivity contribution is 6.12. The Morgan fingerprint density at radius 2 is 1.78 bits per heavy atom. The summed E-state index contributed by atoms with van der Waals surface area (Å²) in [5.41, 5.74) is 2.27. The van der Waals surface area contributed by atoms with Gasteiger partial charge in [-0.2, -0.15) is 0 Å². The molecular weight excluding hydrogens is 291 g/mol. The van der Waals surface area contributed by atoms with Crippen molar-refractivity contribution in [2.45, 2.75) is 19.8 Å². The van der Waals surface area contributed by atoms with Crippen molar-refractivity contribution in [3.05, 3.63) is 71.7 Å². The van der Waals surface area contributed by atoms with Crippen LogP contribution in [0.3, 0.4) is 0 Å². The van der Waals surface area contributed by atoms with Gasteiger partial charge in [-0.3, -0.25) is 9.78 Å². The van der Waals surface area contributed by atoms with E-state index in [0.29, 0.717) is 5.56 Å². The molecule has 3 aromatic rings. The summed E-state index contributed by atoms with van der Waals surface area (Å²) in [5.74, 6) is -0.599. The maximum atomic E-state index is 13.8. The maximum absolute atomic E-state index is 13.8. The number of pyridine rings is 1. The number of benzene rings is 2.